The van der Waals surface area contributed by atoms with Crippen LogP contribution < -0.4 is 0 Å². The highest BCUT2D eigenvalue weighted by Gasteiger charge is 2.06. The molecule has 2 aromatic carbocycles. The van der Waals surface area contributed by atoms with Crippen molar-refractivity contribution in [3.05, 3.63) is 81.3 Å². The summed E-state index contributed by atoms with van der Waals surface area (Å²) in [5, 5.41) is 3.70. The molecule has 0 unspecified atom stereocenters. The second-order valence-corrected chi connectivity index (χ2v) is 6.80. The molecule has 0 amide bonds. The Morgan fingerprint density at radius 3 is 2.68 bits per heavy atom. The van der Waals surface area contributed by atoms with Crippen LogP contribution in [0.15, 0.2) is 60.0 Å². The molecule has 0 aliphatic heterocycles. The van der Waals surface area contributed by atoms with Gasteiger partial charge < -0.3 is 4.74 Å². The third-order valence-electron chi connectivity index (χ3n) is 3.29. The Balaban J connectivity index is 1.56. The molecule has 0 atom stereocenters. The summed E-state index contributed by atoms with van der Waals surface area (Å²) in [6.07, 6.45) is 2.98. The number of rotatable bonds is 5. The summed E-state index contributed by atoms with van der Waals surface area (Å²) in [7, 11) is 0. The molecule has 1 heterocycles. The lowest BCUT2D eigenvalue weighted by molar-refractivity contribution is -0.139. The van der Waals surface area contributed by atoms with Gasteiger partial charge in [-0.2, -0.15) is 0 Å². The van der Waals surface area contributed by atoms with Gasteiger partial charge in [-0.25, -0.2) is 9.78 Å². The molecular formula is C19H13Cl2NO2S. The number of hydrogen-bond donors (Lipinski definition) is 0. The molecule has 0 saturated heterocycles. The number of thiazole rings is 1. The van der Waals surface area contributed by atoms with Crippen LogP contribution in [0.1, 0.15) is 11.3 Å². The van der Waals surface area contributed by atoms with Gasteiger partial charge in [-0.3, -0.25) is 0 Å². The van der Waals surface area contributed by atoms with Crippen molar-refractivity contribution >= 4 is 46.6 Å². The first-order valence-corrected chi connectivity index (χ1v) is 9.05. The quantitative estimate of drug-likeness (QED) is 0.404. The highest BCUT2D eigenvalue weighted by molar-refractivity contribution is 7.13. The number of benzene rings is 2. The standard InChI is InChI=1S/C19H13Cl2NO2S/c20-16-8-6-13(10-17(16)21)7-9-18(23)24-11-15-12-25-19(22-15)14-4-2-1-3-5-14/h1-10,12H,11H2/b9-7+. The number of carbonyl (C=O) groups excluding carboxylic acids is 1. The van der Waals surface area contributed by atoms with Gasteiger partial charge in [0, 0.05) is 17.0 Å². The summed E-state index contributed by atoms with van der Waals surface area (Å²) in [5.74, 6) is -0.444. The Labute approximate surface area is 159 Å². The van der Waals surface area contributed by atoms with E-state index in [1.165, 1.54) is 17.4 Å². The highest BCUT2D eigenvalue weighted by atomic mass is 35.5. The minimum Gasteiger partial charge on any atom is -0.456 e. The molecule has 3 aromatic rings. The van der Waals surface area contributed by atoms with E-state index in [0.29, 0.717) is 10.0 Å². The molecule has 1 aromatic heterocycles. The Morgan fingerprint density at radius 1 is 1.12 bits per heavy atom. The zero-order chi connectivity index (χ0) is 17.6. The van der Waals surface area contributed by atoms with Crippen molar-refractivity contribution < 1.29 is 9.53 Å². The highest BCUT2D eigenvalue weighted by Crippen LogP contribution is 2.24. The van der Waals surface area contributed by atoms with Gasteiger partial charge in [0.15, 0.2) is 0 Å². The number of carbonyl (C=O) groups is 1. The minimum atomic E-state index is -0.444. The third kappa shape index (κ3) is 4.92. The van der Waals surface area contributed by atoms with E-state index in [9.17, 15) is 4.79 Å². The maximum atomic E-state index is 11.8. The fourth-order valence-electron chi connectivity index (χ4n) is 2.06. The van der Waals surface area contributed by atoms with Gasteiger partial charge in [0.1, 0.15) is 11.6 Å². The van der Waals surface area contributed by atoms with Gasteiger partial charge in [0.25, 0.3) is 0 Å². The first kappa shape index (κ1) is 17.7. The lowest BCUT2D eigenvalue weighted by Gasteiger charge is -2.00. The molecule has 3 rings (SSSR count). The van der Waals surface area contributed by atoms with E-state index < -0.39 is 5.97 Å². The maximum absolute atomic E-state index is 11.8. The second kappa shape index (κ2) is 8.30. The molecule has 0 bridgehead atoms. The van der Waals surface area contributed by atoms with E-state index >= 15 is 0 Å². The van der Waals surface area contributed by atoms with Gasteiger partial charge in [-0.05, 0) is 23.8 Å². The molecule has 0 radical (unpaired) electrons. The van der Waals surface area contributed by atoms with Gasteiger partial charge in [-0.1, -0.05) is 59.6 Å². The summed E-state index contributed by atoms with van der Waals surface area (Å²) >= 11 is 13.3. The molecule has 0 aliphatic rings. The van der Waals surface area contributed by atoms with Gasteiger partial charge in [-0.15, -0.1) is 11.3 Å². The minimum absolute atomic E-state index is 0.133. The number of halogens is 2. The average Bonchev–Trinajstić information content (AvgIpc) is 3.11. The van der Waals surface area contributed by atoms with Crippen LogP contribution in [0.25, 0.3) is 16.6 Å². The SMILES string of the molecule is O=C(/C=C/c1ccc(Cl)c(Cl)c1)OCc1csc(-c2ccccc2)n1. The fraction of sp³-hybridized carbons (Fsp3) is 0.0526. The number of aromatic nitrogens is 1. The number of hydrogen-bond acceptors (Lipinski definition) is 4. The topological polar surface area (TPSA) is 39.2 Å². The molecule has 0 N–H and O–H groups in total. The van der Waals surface area contributed by atoms with Gasteiger partial charge in [0.05, 0.1) is 15.7 Å². The number of nitrogens with zero attached hydrogens (tertiary/aromatic N) is 1. The Bertz CT molecular complexity index is 907. The van der Waals surface area contributed by atoms with Crippen molar-refractivity contribution in [3.8, 4) is 10.6 Å². The zero-order valence-electron chi connectivity index (χ0n) is 13.0. The number of ether oxygens (including phenoxy) is 1. The van der Waals surface area contributed by atoms with Crippen LogP contribution in [0.5, 0.6) is 0 Å². The van der Waals surface area contributed by atoms with Crippen LogP contribution in [0.3, 0.4) is 0 Å². The molecule has 0 fully saturated rings. The normalized spacial score (nSPS) is 11.0. The summed E-state index contributed by atoms with van der Waals surface area (Å²) < 4.78 is 5.21. The molecule has 25 heavy (non-hydrogen) atoms. The van der Waals surface area contributed by atoms with Crippen molar-refractivity contribution in [2.75, 3.05) is 0 Å². The van der Waals surface area contributed by atoms with Gasteiger partial charge >= 0.3 is 5.97 Å². The van der Waals surface area contributed by atoms with E-state index in [1.807, 2.05) is 35.7 Å². The lowest BCUT2D eigenvalue weighted by atomic mass is 10.2. The summed E-state index contributed by atoms with van der Waals surface area (Å²) in [6, 6.07) is 15.0. The average molecular weight is 390 g/mol. The monoisotopic (exact) mass is 389 g/mol. The third-order valence-corrected chi connectivity index (χ3v) is 4.97. The van der Waals surface area contributed by atoms with Gasteiger partial charge in [0.2, 0.25) is 0 Å². The van der Waals surface area contributed by atoms with Crippen LogP contribution >= 0.6 is 34.5 Å². The van der Waals surface area contributed by atoms with E-state index in [0.717, 1.165) is 21.8 Å². The largest absolute Gasteiger partial charge is 0.456 e. The zero-order valence-corrected chi connectivity index (χ0v) is 15.3. The van der Waals surface area contributed by atoms with Crippen LogP contribution in [0.4, 0.5) is 0 Å². The number of esters is 1. The Morgan fingerprint density at radius 2 is 1.92 bits per heavy atom. The molecule has 3 nitrogen and oxygen atoms in total. The van der Waals surface area contributed by atoms with E-state index in [1.54, 1.807) is 24.3 Å². The fourth-order valence-corrected chi connectivity index (χ4v) is 3.18. The Hall–Kier alpha value is -2.14. The van der Waals surface area contributed by atoms with E-state index in [-0.39, 0.29) is 6.61 Å². The van der Waals surface area contributed by atoms with Crippen LogP contribution in [0, 0.1) is 0 Å². The molecule has 0 spiro atoms. The molecule has 6 heteroatoms. The smallest absolute Gasteiger partial charge is 0.331 e. The first-order valence-electron chi connectivity index (χ1n) is 7.41. The van der Waals surface area contributed by atoms with Crippen molar-refractivity contribution in [1.29, 1.82) is 0 Å². The lowest BCUT2D eigenvalue weighted by Crippen LogP contribution is -2.00. The van der Waals surface area contributed by atoms with E-state index in [4.69, 9.17) is 27.9 Å². The van der Waals surface area contributed by atoms with Crippen molar-refractivity contribution in [2.45, 2.75) is 6.61 Å². The van der Waals surface area contributed by atoms with Crippen LogP contribution in [-0.4, -0.2) is 11.0 Å². The van der Waals surface area contributed by atoms with Crippen LogP contribution in [-0.2, 0) is 16.1 Å². The molecular weight excluding hydrogens is 377 g/mol. The van der Waals surface area contributed by atoms with E-state index in [2.05, 4.69) is 4.98 Å². The van der Waals surface area contributed by atoms with Crippen molar-refractivity contribution in [3.63, 3.8) is 0 Å². The second-order valence-electron chi connectivity index (χ2n) is 5.12. The maximum Gasteiger partial charge on any atom is 0.331 e. The summed E-state index contributed by atoms with van der Waals surface area (Å²) in [4.78, 5) is 16.3. The molecule has 0 saturated carbocycles. The molecule has 126 valence electrons. The summed E-state index contributed by atoms with van der Waals surface area (Å²) in [5.41, 5.74) is 2.54. The summed E-state index contributed by atoms with van der Waals surface area (Å²) in [6.45, 7) is 0.133. The predicted molar refractivity (Wildman–Crippen MR) is 103 cm³/mol. The first-order chi connectivity index (χ1) is 12.1. The van der Waals surface area contributed by atoms with Crippen molar-refractivity contribution in [2.24, 2.45) is 0 Å². The van der Waals surface area contributed by atoms with Crippen LogP contribution in [0.2, 0.25) is 10.0 Å². The Kier molecular flexibility index (Phi) is 5.87. The molecule has 0 aliphatic carbocycles. The predicted octanol–water partition coefficient (Wildman–Crippen LogP) is 5.87. The van der Waals surface area contributed by atoms with Crippen molar-refractivity contribution in [1.82, 2.24) is 4.98 Å².